The average molecular weight is 376 g/mol. The Morgan fingerprint density at radius 2 is 2.00 bits per heavy atom. The monoisotopic (exact) mass is 376 g/mol. The zero-order valence-corrected chi connectivity index (χ0v) is 15.9. The molecule has 0 radical (unpaired) electrons. The molecule has 0 aliphatic rings. The molecule has 2 amide bonds. The molecule has 0 atom stereocenters. The van der Waals surface area contributed by atoms with Crippen LogP contribution in [0.25, 0.3) is 5.65 Å². The summed E-state index contributed by atoms with van der Waals surface area (Å²) in [4.78, 5) is 28.9. The molecule has 2 aromatic heterocycles. The standard InChI is InChI=1S/C20H20N6O2/c1-12-15(13(2)26-19(24-12)14(10-21)11-23-26)8-9-18(27)25-17-7-5-4-6-16(17)20(28)22-3/h4-7,11H,8-9H2,1-3H3,(H,22,28)(H,25,27). The van der Waals surface area contributed by atoms with Crippen LogP contribution in [0.5, 0.6) is 0 Å². The van der Waals surface area contributed by atoms with Crippen molar-refractivity contribution in [1.82, 2.24) is 19.9 Å². The average Bonchev–Trinajstić information content (AvgIpc) is 3.10. The van der Waals surface area contributed by atoms with Crippen molar-refractivity contribution >= 4 is 23.1 Å². The van der Waals surface area contributed by atoms with Crippen molar-refractivity contribution in [3.63, 3.8) is 0 Å². The molecule has 2 N–H and O–H groups in total. The zero-order valence-electron chi connectivity index (χ0n) is 15.9. The van der Waals surface area contributed by atoms with Gasteiger partial charge in [0.15, 0.2) is 5.65 Å². The third-order valence-corrected chi connectivity index (χ3v) is 4.60. The van der Waals surface area contributed by atoms with Gasteiger partial charge >= 0.3 is 0 Å². The van der Waals surface area contributed by atoms with Crippen LogP contribution in [0.1, 0.15) is 39.3 Å². The van der Waals surface area contributed by atoms with Gasteiger partial charge in [-0.3, -0.25) is 9.59 Å². The van der Waals surface area contributed by atoms with E-state index in [1.807, 2.05) is 13.8 Å². The number of carbonyl (C=O) groups is 2. The van der Waals surface area contributed by atoms with E-state index < -0.39 is 0 Å². The van der Waals surface area contributed by atoms with Crippen LogP contribution in [-0.2, 0) is 11.2 Å². The van der Waals surface area contributed by atoms with E-state index in [1.54, 1.807) is 35.8 Å². The van der Waals surface area contributed by atoms with E-state index >= 15 is 0 Å². The van der Waals surface area contributed by atoms with E-state index in [4.69, 9.17) is 5.26 Å². The van der Waals surface area contributed by atoms with Gasteiger partial charge in [0.1, 0.15) is 11.6 Å². The fourth-order valence-corrected chi connectivity index (χ4v) is 3.13. The first-order valence-corrected chi connectivity index (χ1v) is 8.81. The van der Waals surface area contributed by atoms with Crippen molar-refractivity contribution < 1.29 is 9.59 Å². The smallest absolute Gasteiger partial charge is 0.253 e. The highest BCUT2D eigenvalue weighted by Crippen LogP contribution is 2.19. The molecule has 0 unspecified atom stereocenters. The zero-order chi connectivity index (χ0) is 20.3. The van der Waals surface area contributed by atoms with Gasteiger partial charge < -0.3 is 10.6 Å². The minimum absolute atomic E-state index is 0.201. The van der Waals surface area contributed by atoms with Gasteiger partial charge in [0.2, 0.25) is 5.91 Å². The topological polar surface area (TPSA) is 112 Å². The SMILES string of the molecule is CNC(=O)c1ccccc1NC(=O)CCc1c(C)nc2c(C#N)cnn2c1C. The van der Waals surface area contributed by atoms with E-state index in [2.05, 4.69) is 26.8 Å². The second-order valence-electron chi connectivity index (χ2n) is 6.34. The number of anilines is 1. The van der Waals surface area contributed by atoms with Gasteiger partial charge in [0, 0.05) is 24.9 Å². The fraction of sp³-hybridized carbons (Fsp3) is 0.250. The van der Waals surface area contributed by atoms with Crippen molar-refractivity contribution in [2.45, 2.75) is 26.7 Å². The number of nitriles is 1. The van der Waals surface area contributed by atoms with Crippen LogP contribution >= 0.6 is 0 Å². The number of aromatic nitrogens is 3. The minimum Gasteiger partial charge on any atom is -0.355 e. The molecule has 3 rings (SSSR count). The largest absolute Gasteiger partial charge is 0.355 e. The Morgan fingerprint density at radius 3 is 2.71 bits per heavy atom. The molecule has 0 aliphatic heterocycles. The minimum atomic E-state index is -0.260. The van der Waals surface area contributed by atoms with Gasteiger partial charge in [-0.15, -0.1) is 0 Å². The Bertz CT molecular complexity index is 1110. The number of fused-ring (bicyclic) bond motifs is 1. The first kappa shape index (κ1) is 19.0. The van der Waals surface area contributed by atoms with Gasteiger partial charge in [0.05, 0.1) is 17.4 Å². The summed E-state index contributed by atoms with van der Waals surface area (Å²) in [5.41, 5.74) is 4.35. The Morgan fingerprint density at radius 1 is 1.25 bits per heavy atom. The molecule has 142 valence electrons. The Kier molecular flexibility index (Phi) is 5.36. The summed E-state index contributed by atoms with van der Waals surface area (Å²) in [6.45, 7) is 3.75. The van der Waals surface area contributed by atoms with Crippen LogP contribution in [0.4, 0.5) is 5.69 Å². The highest BCUT2D eigenvalue weighted by atomic mass is 16.2. The van der Waals surface area contributed by atoms with E-state index in [9.17, 15) is 9.59 Å². The first-order valence-electron chi connectivity index (χ1n) is 8.81. The molecular weight excluding hydrogens is 356 g/mol. The number of hydrogen-bond acceptors (Lipinski definition) is 5. The predicted octanol–water partition coefficient (Wildman–Crippen LogP) is 2.15. The second kappa shape index (κ2) is 7.88. The number of nitrogens with one attached hydrogen (secondary N) is 2. The molecular formula is C20H20N6O2. The van der Waals surface area contributed by atoms with Crippen LogP contribution in [0, 0.1) is 25.2 Å². The maximum Gasteiger partial charge on any atom is 0.253 e. The fourth-order valence-electron chi connectivity index (χ4n) is 3.13. The number of benzene rings is 1. The van der Waals surface area contributed by atoms with Crippen molar-refractivity contribution in [3.8, 4) is 6.07 Å². The highest BCUT2D eigenvalue weighted by molar-refractivity contribution is 6.03. The van der Waals surface area contributed by atoms with Gasteiger partial charge in [-0.05, 0) is 38.0 Å². The molecule has 0 spiro atoms. The molecule has 0 aliphatic carbocycles. The maximum atomic E-state index is 12.5. The van der Waals surface area contributed by atoms with Gasteiger partial charge in [-0.1, -0.05) is 12.1 Å². The first-order chi connectivity index (χ1) is 13.5. The van der Waals surface area contributed by atoms with Gasteiger partial charge in [0.25, 0.3) is 5.91 Å². The molecule has 0 fully saturated rings. The molecule has 0 saturated carbocycles. The molecule has 3 aromatic rings. The summed E-state index contributed by atoms with van der Waals surface area (Å²) < 4.78 is 1.62. The molecule has 8 heteroatoms. The van der Waals surface area contributed by atoms with Crippen molar-refractivity contribution in [2.24, 2.45) is 0 Å². The molecule has 28 heavy (non-hydrogen) atoms. The third-order valence-electron chi connectivity index (χ3n) is 4.60. The summed E-state index contributed by atoms with van der Waals surface area (Å²) in [5.74, 6) is -0.461. The lowest BCUT2D eigenvalue weighted by molar-refractivity contribution is -0.116. The molecule has 0 saturated heterocycles. The van der Waals surface area contributed by atoms with E-state index in [-0.39, 0.29) is 18.2 Å². The predicted molar refractivity (Wildman–Crippen MR) is 104 cm³/mol. The summed E-state index contributed by atoms with van der Waals surface area (Å²) in [7, 11) is 1.54. The van der Waals surface area contributed by atoms with Crippen LogP contribution in [0.3, 0.4) is 0 Å². The normalized spacial score (nSPS) is 10.5. The van der Waals surface area contributed by atoms with E-state index in [0.29, 0.717) is 28.9 Å². The Hall–Kier alpha value is -3.73. The molecule has 0 bridgehead atoms. The van der Waals surface area contributed by atoms with Crippen LogP contribution in [0.2, 0.25) is 0 Å². The quantitative estimate of drug-likeness (QED) is 0.708. The summed E-state index contributed by atoms with van der Waals surface area (Å²) in [5, 5.41) is 18.7. The Labute approximate surface area is 162 Å². The van der Waals surface area contributed by atoms with Crippen LogP contribution in [0.15, 0.2) is 30.5 Å². The second-order valence-corrected chi connectivity index (χ2v) is 6.34. The van der Waals surface area contributed by atoms with Gasteiger partial charge in [-0.25, -0.2) is 9.50 Å². The number of aryl methyl sites for hydroxylation is 2. The number of rotatable bonds is 5. The lowest BCUT2D eigenvalue weighted by atomic mass is 10.1. The van der Waals surface area contributed by atoms with Crippen molar-refractivity contribution in [2.75, 3.05) is 12.4 Å². The van der Waals surface area contributed by atoms with E-state index in [0.717, 1.165) is 17.0 Å². The summed E-state index contributed by atoms with van der Waals surface area (Å²) in [6, 6.07) is 8.94. The molecule has 2 heterocycles. The number of hydrogen-bond donors (Lipinski definition) is 2. The Balaban J connectivity index is 1.77. The van der Waals surface area contributed by atoms with Crippen molar-refractivity contribution in [3.05, 3.63) is 58.5 Å². The number of carbonyl (C=O) groups excluding carboxylic acids is 2. The van der Waals surface area contributed by atoms with E-state index in [1.165, 1.54) is 6.20 Å². The number of amides is 2. The lowest BCUT2D eigenvalue weighted by Gasteiger charge is -2.12. The van der Waals surface area contributed by atoms with Crippen LogP contribution < -0.4 is 10.6 Å². The van der Waals surface area contributed by atoms with Crippen molar-refractivity contribution in [1.29, 1.82) is 5.26 Å². The number of para-hydroxylation sites is 1. The lowest BCUT2D eigenvalue weighted by Crippen LogP contribution is -2.21. The summed E-state index contributed by atoms with van der Waals surface area (Å²) >= 11 is 0. The molecule has 1 aromatic carbocycles. The maximum absolute atomic E-state index is 12.5. The molecule has 8 nitrogen and oxygen atoms in total. The number of nitrogens with zero attached hydrogens (tertiary/aromatic N) is 4. The van der Waals surface area contributed by atoms with Gasteiger partial charge in [-0.2, -0.15) is 10.4 Å². The highest BCUT2D eigenvalue weighted by Gasteiger charge is 2.16. The van der Waals surface area contributed by atoms with Crippen LogP contribution in [-0.4, -0.2) is 33.5 Å². The third kappa shape index (κ3) is 3.55. The summed E-state index contributed by atoms with van der Waals surface area (Å²) in [6.07, 6.45) is 2.18.